The number of aromatic nitrogens is 1. The first-order valence-electron chi connectivity index (χ1n) is 5.66. The minimum absolute atomic E-state index is 0.819. The van der Waals surface area contributed by atoms with Crippen LogP contribution in [0.5, 0.6) is 0 Å². The van der Waals surface area contributed by atoms with Crippen molar-refractivity contribution in [3.63, 3.8) is 0 Å². The van der Waals surface area contributed by atoms with Gasteiger partial charge in [0.15, 0.2) is 0 Å². The van der Waals surface area contributed by atoms with Gasteiger partial charge in [0.05, 0.1) is 5.69 Å². The summed E-state index contributed by atoms with van der Waals surface area (Å²) in [6.45, 7) is 0.819. The molecule has 0 bridgehead atoms. The summed E-state index contributed by atoms with van der Waals surface area (Å²) in [6, 6.07) is 12.5. The van der Waals surface area contributed by atoms with Gasteiger partial charge in [0.25, 0.3) is 0 Å². The summed E-state index contributed by atoms with van der Waals surface area (Å²) in [5.74, 6) is 0. The third kappa shape index (κ3) is 3.21. The van der Waals surface area contributed by atoms with E-state index in [1.807, 2.05) is 32.4 Å². The van der Waals surface area contributed by atoms with E-state index in [9.17, 15) is 0 Å². The number of benzene rings is 1. The first kappa shape index (κ1) is 11.5. The molecule has 0 atom stereocenters. The van der Waals surface area contributed by atoms with Gasteiger partial charge in [0.2, 0.25) is 0 Å². The van der Waals surface area contributed by atoms with Crippen molar-refractivity contribution >= 4 is 11.4 Å². The van der Waals surface area contributed by atoms with Crippen LogP contribution in [-0.2, 0) is 6.54 Å². The maximum absolute atomic E-state index is 4.07. The van der Waals surface area contributed by atoms with Crippen LogP contribution in [0.3, 0.4) is 0 Å². The topological polar surface area (TPSA) is 28.2 Å². The molecule has 88 valence electrons. The van der Waals surface area contributed by atoms with Crippen LogP contribution in [0.2, 0.25) is 0 Å². The number of pyridine rings is 1. The molecule has 2 rings (SSSR count). The molecule has 17 heavy (non-hydrogen) atoms. The van der Waals surface area contributed by atoms with Crippen molar-refractivity contribution in [3.05, 3.63) is 54.4 Å². The predicted molar refractivity (Wildman–Crippen MR) is 72.3 cm³/mol. The summed E-state index contributed by atoms with van der Waals surface area (Å²) >= 11 is 0. The zero-order valence-corrected chi connectivity index (χ0v) is 10.2. The van der Waals surface area contributed by atoms with Crippen molar-refractivity contribution in [2.75, 3.05) is 24.3 Å². The zero-order chi connectivity index (χ0) is 12.1. The summed E-state index contributed by atoms with van der Waals surface area (Å²) in [7, 11) is 4.09. The number of nitrogens with one attached hydrogen (secondary N) is 1. The fourth-order valence-electron chi connectivity index (χ4n) is 1.58. The SMILES string of the molecule is CN(C)c1ccc(CNc2cccnc2)cc1. The first-order valence-corrected chi connectivity index (χ1v) is 5.66. The highest BCUT2D eigenvalue weighted by Crippen LogP contribution is 2.13. The quantitative estimate of drug-likeness (QED) is 0.870. The van der Waals surface area contributed by atoms with Gasteiger partial charge in [-0.25, -0.2) is 0 Å². The molecule has 0 saturated carbocycles. The van der Waals surface area contributed by atoms with Crippen LogP contribution >= 0.6 is 0 Å². The highest BCUT2D eigenvalue weighted by Gasteiger charge is 1.96. The van der Waals surface area contributed by atoms with Gasteiger partial charge in [-0.15, -0.1) is 0 Å². The Morgan fingerprint density at radius 1 is 1.12 bits per heavy atom. The van der Waals surface area contributed by atoms with Crippen molar-refractivity contribution in [2.24, 2.45) is 0 Å². The van der Waals surface area contributed by atoms with Crippen molar-refractivity contribution in [1.29, 1.82) is 0 Å². The molecule has 1 aromatic heterocycles. The second-order valence-corrected chi connectivity index (χ2v) is 4.16. The molecule has 3 nitrogen and oxygen atoms in total. The van der Waals surface area contributed by atoms with Gasteiger partial charge in [-0.2, -0.15) is 0 Å². The highest BCUT2D eigenvalue weighted by molar-refractivity contribution is 5.47. The Bertz CT molecular complexity index is 449. The molecule has 0 radical (unpaired) electrons. The monoisotopic (exact) mass is 227 g/mol. The highest BCUT2D eigenvalue weighted by atomic mass is 15.1. The Morgan fingerprint density at radius 3 is 2.47 bits per heavy atom. The zero-order valence-electron chi connectivity index (χ0n) is 10.2. The van der Waals surface area contributed by atoms with E-state index in [1.54, 1.807) is 6.20 Å². The lowest BCUT2D eigenvalue weighted by molar-refractivity contribution is 1.11. The Labute approximate surface area is 102 Å². The average molecular weight is 227 g/mol. The summed E-state index contributed by atoms with van der Waals surface area (Å²) in [4.78, 5) is 6.16. The summed E-state index contributed by atoms with van der Waals surface area (Å²) in [6.07, 6.45) is 3.60. The second kappa shape index (κ2) is 5.34. The molecule has 0 unspecified atom stereocenters. The van der Waals surface area contributed by atoms with Crippen LogP contribution in [0, 0.1) is 0 Å². The van der Waals surface area contributed by atoms with E-state index in [0.717, 1.165) is 12.2 Å². The summed E-state index contributed by atoms with van der Waals surface area (Å²) < 4.78 is 0. The molecule has 0 aliphatic carbocycles. The van der Waals surface area contributed by atoms with E-state index in [4.69, 9.17) is 0 Å². The average Bonchev–Trinajstić information content (AvgIpc) is 2.38. The van der Waals surface area contributed by atoms with E-state index in [1.165, 1.54) is 11.3 Å². The number of nitrogens with zero attached hydrogens (tertiary/aromatic N) is 2. The lowest BCUT2D eigenvalue weighted by atomic mass is 10.2. The van der Waals surface area contributed by atoms with Crippen molar-refractivity contribution in [1.82, 2.24) is 4.98 Å². The fraction of sp³-hybridized carbons (Fsp3) is 0.214. The molecule has 2 aromatic rings. The van der Waals surface area contributed by atoms with Gasteiger partial charge in [-0.3, -0.25) is 4.98 Å². The molecule has 0 saturated heterocycles. The molecule has 0 fully saturated rings. The number of hydrogen-bond acceptors (Lipinski definition) is 3. The van der Waals surface area contributed by atoms with Crippen LogP contribution in [0.4, 0.5) is 11.4 Å². The molecule has 1 aromatic carbocycles. The summed E-state index contributed by atoms with van der Waals surface area (Å²) in [5.41, 5.74) is 3.53. The van der Waals surface area contributed by atoms with Crippen molar-refractivity contribution in [3.8, 4) is 0 Å². The summed E-state index contributed by atoms with van der Waals surface area (Å²) in [5, 5.41) is 3.33. The number of anilines is 2. The molecule has 1 N–H and O–H groups in total. The predicted octanol–water partition coefficient (Wildman–Crippen LogP) is 2.76. The van der Waals surface area contributed by atoms with Gasteiger partial charge >= 0.3 is 0 Å². The molecule has 0 aliphatic rings. The van der Waals surface area contributed by atoms with Gasteiger partial charge < -0.3 is 10.2 Å². The number of hydrogen-bond donors (Lipinski definition) is 1. The molecule has 0 aliphatic heterocycles. The first-order chi connectivity index (χ1) is 8.25. The largest absolute Gasteiger partial charge is 0.380 e. The van der Waals surface area contributed by atoms with Crippen LogP contribution in [0.15, 0.2) is 48.8 Å². The molecular weight excluding hydrogens is 210 g/mol. The number of rotatable bonds is 4. The third-order valence-corrected chi connectivity index (χ3v) is 2.61. The van der Waals surface area contributed by atoms with Gasteiger partial charge in [-0.05, 0) is 29.8 Å². The second-order valence-electron chi connectivity index (χ2n) is 4.16. The van der Waals surface area contributed by atoms with E-state index in [0.29, 0.717) is 0 Å². The Balaban J connectivity index is 1.96. The Hall–Kier alpha value is -2.03. The van der Waals surface area contributed by atoms with Crippen molar-refractivity contribution < 1.29 is 0 Å². The van der Waals surface area contributed by atoms with E-state index < -0.39 is 0 Å². The minimum atomic E-state index is 0.819. The van der Waals surface area contributed by atoms with Gasteiger partial charge in [0, 0.05) is 38.7 Å². The lowest BCUT2D eigenvalue weighted by Gasteiger charge is -2.13. The molecule has 0 amide bonds. The Morgan fingerprint density at radius 2 is 1.88 bits per heavy atom. The standard InChI is InChI=1S/C14H17N3/c1-17(2)14-7-5-12(6-8-14)10-16-13-4-3-9-15-11-13/h3-9,11,16H,10H2,1-2H3. The minimum Gasteiger partial charge on any atom is -0.380 e. The van der Waals surface area contributed by atoms with Crippen LogP contribution in [-0.4, -0.2) is 19.1 Å². The van der Waals surface area contributed by atoms with E-state index in [-0.39, 0.29) is 0 Å². The third-order valence-electron chi connectivity index (χ3n) is 2.61. The van der Waals surface area contributed by atoms with Gasteiger partial charge in [0.1, 0.15) is 0 Å². The Kier molecular flexibility index (Phi) is 3.60. The maximum atomic E-state index is 4.07. The van der Waals surface area contributed by atoms with Crippen molar-refractivity contribution in [2.45, 2.75) is 6.54 Å². The van der Waals surface area contributed by atoms with E-state index in [2.05, 4.69) is 39.5 Å². The maximum Gasteiger partial charge on any atom is 0.0529 e. The molecule has 0 spiro atoms. The molecule has 1 heterocycles. The molecular formula is C14H17N3. The fourth-order valence-corrected chi connectivity index (χ4v) is 1.58. The van der Waals surface area contributed by atoms with E-state index >= 15 is 0 Å². The smallest absolute Gasteiger partial charge is 0.0529 e. The van der Waals surface area contributed by atoms with Gasteiger partial charge in [-0.1, -0.05) is 12.1 Å². The lowest BCUT2D eigenvalue weighted by Crippen LogP contribution is -2.08. The normalized spacial score (nSPS) is 10.0. The molecule has 3 heteroatoms. The van der Waals surface area contributed by atoms with Crippen LogP contribution in [0.1, 0.15) is 5.56 Å². The van der Waals surface area contributed by atoms with Crippen LogP contribution in [0.25, 0.3) is 0 Å². The van der Waals surface area contributed by atoms with Crippen LogP contribution < -0.4 is 10.2 Å².